The Morgan fingerprint density at radius 3 is 1.08 bits per heavy atom. The van der Waals surface area contributed by atoms with E-state index in [0.29, 0.717) is 0 Å². The number of benzene rings is 4. The van der Waals surface area contributed by atoms with Crippen LogP contribution in [-0.4, -0.2) is 51.5 Å². The molecule has 4 rings (SSSR count). The first-order valence-electron chi connectivity index (χ1n) is 17.5. The van der Waals surface area contributed by atoms with E-state index in [-0.39, 0.29) is 0 Å². The van der Waals surface area contributed by atoms with Gasteiger partial charge in [-0.1, -0.05) is 121 Å². The van der Waals surface area contributed by atoms with Crippen molar-refractivity contribution in [3.05, 3.63) is 60.7 Å². The molecule has 0 atom stereocenters. The summed E-state index contributed by atoms with van der Waals surface area (Å²) in [5.41, 5.74) is 0. The van der Waals surface area contributed by atoms with Gasteiger partial charge in [-0.3, -0.25) is 0 Å². The molecule has 0 unspecified atom stereocenters. The maximum Gasteiger partial charge on any atom is 0.140 e. The molecule has 0 aliphatic heterocycles. The standard InChI is InChI=1S/C40H54O4S4/c1-41-35-29-37(39(43-3)33-23-15-13-21-31(33)35)45-25-17-9-5-7-11-19-27-47-48-28-20-12-8-6-10-18-26-46-38-30-36(42-2)32-22-14-16-24-34(32)40(38)44-4/h13-16,21-24,29-30H,5-12,17-20,25-28H2,1-4H3. The van der Waals surface area contributed by atoms with Crippen LogP contribution in [0.4, 0.5) is 0 Å². The van der Waals surface area contributed by atoms with E-state index in [9.17, 15) is 0 Å². The van der Waals surface area contributed by atoms with Crippen molar-refractivity contribution in [1.29, 1.82) is 0 Å². The predicted octanol–water partition coefficient (Wildman–Crippen LogP) is 13.0. The van der Waals surface area contributed by atoms with Crippen molar-refractivity contribution in [3.8, 4) is 23.0 Å². The first-order valence-corrected chi connectivity index (χ1v) is 21.9. The molecule has 0 amide bonds. The van der Waals surface area contributed by atoms with Crippen molar-refractivity contribution < 1.29 is 18.9 Å². The van der Waals surface area contributed by atoms with Gasteiger partial charge in [0.1, 0.15) is 23.0 Å². The fourth-order valence-corrected chi connectivity index (χ4v) is 10.4. The number of hydrogen-bond acceptors (Lipinski definition) is 8. The van der Waals surface area contributed by atoms with Gasteiger partial charge in [-0.25, -0.2) is 0 Å². The van der Waals surface area contributed by atoms with Crippen LogP contribution in [0.3, 0.4) is 0 Å². The molecule has 0 saturated carbocycles. The monoisotopic (exact) mass is 726 g/mol. The number of thioether (sulfide) groups is 2. The molecule has 0 spiro atoms. The third kappa shape index (κ3) is 11.8. The Balaban J connectivity index is 0.941. The number of ether oxygens (including phenoxy) is 4. The Hall–Kier alpha value is -2.00. The second-order valence-corrected chi connectivity index (χ2v) is 16.9. The summed E-state index contributed by atoms with van der Waals surface area (Å²) in [4.78, 5) is 2.35. The summed E-state index contributed by atoms with van der Waals surface area (Å²) in [6.07, 6.45) is 15.9. The third-order valence-electron chi connectivity index (χ3n) is 8.54. The molecule has 0 radical (unpaired) electrons. The van der Waals surface area contributed by atoms with Crippen molar-refractivity contribution in [2.45, 2.75) is 86.8 Å². The maximum atomic E-state index is 5.79. The highest BCUT2D eigenvalue weighted by molar-refractivity contribution is 8.76. The molecule has 4 aromatic rings. The minimum atomic E-state index is 0.920. The van der Waals surface area contributed by atoms with Gasteiger partial charge < -0.3 is 18.9 Å². The van der Waals surface area contributed by atoms with Crippen molar-refractivity contribution in [2.75, 3.05) is 51.5 Å². The number of hydrogen-bond donors (Lipinski definition) is 0. The van der Waals surface area contributed by atoms with Crippen LogP contribution in [0.15, 0.2) is 70.5 Å². The topological polar surface area (TPSA) is 36.9 Å². The van der Waals surface area contributed by atoms with E-state index in [1.54, 1.807) is 28.4 Å². The van der Waals surface area contributed by atoms with Gasteiger partial charge in [-0.15, -0.1) is 23.5 Å². The molecule has 0 N–H and O–H groups in total. The quantitative estimate of drug-likeness (QED) is 0.0380. The van der Waals surface area contributed by atoms with Gasteiger partial charge >= 0.3 is 0 Å². The van der Waals surface area contributed by atoms with Crippen LogP contribution in [0.2, 0.25) is 0 Å². The zero-order valence-electron chi connectivity index (χ0n) is 29.4. The lowest BCUT2D eigenvalue weighted by Gasteiger charge is -2.14. The summed E-state index contributed by atoms with van der Waals surface area (Å²) < 4.78 is 22.9. The Morgan fingerprint density at radius 1 is 0.396 bits per heavy atom. The average Bonchev–Trinajstić information content (AvgIpc) is 3.13. The summed E-state index contributed by atoms with van der Waals surface area (Å²) in [6, 6.07) is 20.9. The van der Waals surface area contributed by atoms with Crippen molar-refractivity contribution in [3.63, 3.8) is 0 Å². The van der Waals surface area contributed by atoms with Gasteiger partial charge in [0.15, 0.2) is 0 Å². The normalized spacial score (nSPS) is 11.3. The van der Waals surface area contributed by atoms with E-state index in [0.717, 1.165) is 56.0 Å². The largest absolute Gasteiger partial charge is 0.496 e. The van der Waals surface area contributed by atoms with Crippen LogP contribution in [0.25, 0.3) is 21.5 Å². The number of unbranched alkanes of at least 4 members (excludes halogenated alkanes) is 10. The lowest BCUT2D eigenvalue weighted by Crippen LogP contribution is -1.93. The predicted molar refractivity (Wildman–Crippen MR) is 216 cm³/mol. The Bertz CT molecular complexity index is 1400. The first-order chi connectivity index (χ1) is 23.7. The molecule has 0 bridgehead atoms. The fourth-order valence-electron chi connectivity index (χ4n) is 5.98. The van der Waals surface area contributed by atoms with Crippen LogP contribution in [0, 0.1) is 0 Å². The number of methoxy groups -OCH3 is 4. The van der Waals surface area contributed by atoms with Crippen molar-refractivity contribution in [1.82, 2.24) is 0 Å². The second kappa shape index (κ2) is 22.7. The van der Waals surface area contributed by atoms with Gasteiger partial charge in [-0.05, 0) is 49.3 Å². The minimum absolute atomic E-state index is 0.920. The summed E-state index contributed by atoms with van der Waals surface area (Å²) >= 11 is 3.77. The van der Waals surface area contributed by atoms with Gasteiger partial charge in [0.25, 0.3) is 0 Å². The summed E-state index contributed by atoms with van der Waals surface area (Å²) in [5.74, 6) is 8.57. The Labute approximate surface area is 305 Å². The zero-order valence-corrected chi connectivity index (χ0v) is 32.6. The first kappa shape index (κ1) is 38.8. The van der Waals surface area contributed by atoms with Crippen molar-refractivity contribution >= 4 is 66.7 Å². The Kier molecular flexibility index (Phi) is 18.3. The van der Waals surface area contributed by atoms with Crippen LogP contribution < -0.4 is 18.9 Å². The molecular weight excluding hydrogens is 673 g/mol. The Morgan fingerprint density at radius 2 is 0.729 bits per heavy atom. The molecule has 262 valence electrons. The molecule has 0 fully saturated rings. The zero-order chi connectivity index (χ0) is 33.8. The summed E-state index contributed by atoms with van der Waals surface area (Å²) in [7, 11) is 11.2. The fraction of sp³-hybridized carbons (Fsp3) is 0.500. The highest BCUT2D eigenvalue weighted by Gasteiger charge is 2.15. The molecule has 0 saturated heterocycles. The molecule has 4 nitrogen and oxygen atoms in total. The van der Waals surface area contributed by atoms with E-state index in [2.05, 4.69) is 70.1 Å². The lowest BCUT2D eigenvalue weighted by atomic mass is 10.1. The van der Waals surface area contributed by atoms with Crippen molar-refractivity contribution in [2.24, 2.45) is 0 Å². The lowest BCUT2D eigenvalue weighted by molar-refractivity contribution is 0.401. The average molecular weight is 727 g/mol. The SMILES string of the molecule is COc1cc(SCCCCCCCCSSCCCCCCCCSc2cc(OC)c3ccccc3c2OC)c(OC)c2ccccc12. The van der Waals surface area contributed by atoms with Gasteiger partial charge in [0.2, 0.25) is 0 Å². The number of fused-ring (bicyclic) bond motifs is 2. The molecule has 0 heterocycles. The smallest absolute Gasteiger partial charge is 0.140 e. The molecule has 0 aromatic heterocycles. The van der Waals surface area contributed by atoms with Crippen LogP contribution in [0.5, 0.6) is 23.0 Å². The molecular formula is C40H54O4S4. The van der Waals surface area contributed by atoms with E-state index in [1.165, 1.54) is 98.3 Å². The van der Waals surface area contributed by atoms with Gasteiger partial charge in [0.05, 0.1) is 38.2 Å². The van der Waals surface area contributed by atoms with Crippen LogP contribution in [-0.2, 0) is 0 Å². The van der Waals surface area contributed by atoms with Gasteiger partial charge in [-0.2, -0.15) is 0 Å². The van der Waals surface area contributed by atoms with E-state index < -0.39 is 0 Å². The highest BCUT2D eigenvalue weighted by Crippen LogP contribution is 2.43. The minimum Gasteiger partial charge on any atom is -0.496 e. The maximum absolute atomic E-state index is 5.79. The summed E-state index contributed by atoms with van der Waals surface area (Å²) in [6.45, 7) is 0. The highest BCUT2D eigenvalue weighted by atomic mass is 33.1. The third-order valence-corrected chi connectivity index (χ3v) is 13.3. The summed E-state index contributed by atoms with van der Waals surface area (Å²) in [5, 5.41) is 4.45. The molecule has 48 heavy (non-hydrogen) atoms. The van der Waals surface area contributed by atoms with E-state index in [1.807, 2.05) is 35.7 Å². The number of rotatable bonds is 25. The van der Waals surface area contributed by atoms with Crippen LogP contribution >= 0.6 is 45.1 Å². The van der Waals surface area contributed by atoms with E-state index in [4.69, 9.17) is 18.9 Å². The molecule has 4 aromatic carbocycles. The van der Waals surface area contributed by atoms with Gasteiger partial charge in [0, 0.05) is 33.1 Å². The van der Waals surface area contributed by atoms with Crippen LogP contribution in [0.1, 0.15) is 77.0 Å². The molecule has 8 heteroatoms. The molecule has 0 aliphatic rings. The second-order valence-electron chi connectivity index (χ2n) is 11.9. The van der Waals surface area contributed by atoms with E-state index >= 15 is 0 Å². The molecule has 0 aliphatic carbocycles.